The maximum absolute atomic E-state index is 12.7. The fourth-order valence-corrected chi connectivity index (χ4v) is 5.44. The summed E-state index contributed by atoms with van der Waals surface area (Å²) in [5.41, 5.74) is -1.69. The number of aromatic amines is 1. The van der Waals surface area contributed by atoms with Crippen molar-refractivity contribution in [2.75, 3.05) is 18.5 Å². The SMILES string of the molecule is CCOC(=O)C(C(=O)OCC)=C1SC(C(C)=O)=C(c2cnc3nc(NC(=O)C(C)(C)C)[nH]c(=O)c3n2)S1. The Hall–Kier alpha value is -3.52. The predicted octanol–water partition coefficient (Wildman–Crippen LogP) is 2.77. The van der Waals surface area contributed by atoms with Gasteiger partial charge in [0.25, 0.3) is 5.56 Å². The van der Waals surface area contributed by atoms with Crippen LogP contribution in [0.25, 0.3) is 16.1 Å². The number of anilines is 1. The fraction of sp³-hybridized carbons (Fsp3) is 0.391. The second-order valence-electron chi connectivity index (χ2n) is 8.57. The Bertz CT molecular complexity index is 1400. The van der Waals surface area contributed by atoms with Crippen LogP contribution in [0.5, 0.6) is 0 Å². The molecule has 0 radical (unpaired) electrons. The molecule has 1 amide bonds. The molecule has 0 fully saturated rings. The third kappa shape index (κ3) is 6.25. The number of allylic oxidation sites excluding steroid dienone is 1. The molecule has 0 atom stereocenters. The summed E-state index contributed by atoms with van der Waals surface area (Å²) in [4.78, 5) is 78.1. The van der Waals surface area contributed by atoms with Crippen molar-refractivity contribution >= 4 is 69.2 Å². The number of hydrogen-bond acceptors (Lipinski definition) is 12. The van der Waals surface area contributed by atoms with E-state index in [1.165, 1.54) is 13.1 Å². The zero-order valence-electron chi connectivity index (χ0n) is 21.0. The highest BCUT2D eigenvalue weighted by atomic mass is 32.2. The van der Waals surface area contributed by atoms with Crippen LogP contribution in [0, 0.1) is 5.41 Å². The molecule has 2 aromatic heterocycles. The normalized spacial score (nSPS) is 13.5. The lowest BCUT2D eigenvalue weighted by Crippen LogP contribution is -2.29. The molecule has 3 heterocycles. The molecule has 196 valence electrons. The molecule has 0 aliphatic carbocycles. The van der Waals surface area contributed by atoms with Gasteiger partial charge in [-0.25, -0.2) is 19.6 Å². The van der Waals surface area contributed by atoms with E-state index < -0.39 is 22.9 Å². The van der Waals surface area contributed by atoms with E-state index in [2.05, 4.69) is 25.3 Å². The Balaban J connectivity index is 2.06. The number of Topliss-reactive ketones (excluding diaryl/α,β-unsaturated/α-hetero) is 1. The minimum absolute atomic E-state index is 0.0214. The van der Waals surface area contributed by atoms with Gasteiger partial charge in [-0.15, -0.1) is 0 Å². The van der Waals surface area contributed by atoms with Gasteiger partial charge in [-0.2, -0.15) is 4.98 Å². The van der Waals surface area contributed by atoms with Crippen LogP contribution in [0.1, 0.15) is 47.2 Å². The summed E-state index contributed by atoms with van der Waals surface area (Å²) in [7, 11) is 0. The van der Waals surface area contributed by atoms with Gasteiger partial charge in [0.1, 0.15) is 0 Å². The first-order valence-electron chi connectivity index (χ1n) is 11.2. The highest BCUT2D eigenvalue weighted by molar-refractivity contribution is 8.32. The van der Waals surface area contributed by atoms with Crippen molar-refractivity contribution in [3.63, 3.8) is 0 Å². The molecule has 0 aromatic carbocycles. The zero-order chi connectivity index (χ0) is 27.5. The van der Waals surface area contributed by atoms with Gasteiger partial charge in [0.2, 0.25) is 11.9 Å². The number of nitrogens with zero attached hydrogens (tertiary/aromatic N) is 3. The molecule has 14 heteroatoms. The molecule has 2 N–H and O–H groups in total. The molecule has 12 nitrogen and oxygen atoms in total. The molecule has 2 aromatic rings. The van der Waals surface area contributed by atoms with Crippen molar-refractivity contribution in [1.82, 2.24) is 19.9 Å². The smallest absolute Gasteiger partial charge is 0.347 e. The number of H-pyrrole nitrogens is 1. The van der Waals surface area contributed by atoms with E-state index in [4.69, 9.17) is 9.47 Å². The Morgan fingerprint density at radius 2 is 1.65 bits per heavy atom. The second-order valence-corrected chi connectivity index (χ2v) is 10.9. The third-order valence-electron chi connectivity index (χ3n) is 4.64. The van der Waals surface area contributed by atoms with Gasteiger partial charge < -0.3 is 9.47 Å². The van der Waals surface area contributed by atoms with Crippen LogP contribution in [0.3, 0.4) is 0 Å². The van der Waals surface area contributed by atoms with Crippen LogP contribution >= 0.6 is 23.5 Å². The van der Waals surface area contributed by atoms with Crippen LogP contribution in [0.2, 0.25) is 0 Å². The molecular weight excluding hydrogens is 522 g/mol. The number of carbonyl (C=O) groups is 4. The number of ketones is 1. The number of hydrogen-bond donors (Lipinski definition) is 2. The maximum Gasteiger partial charge on any atom is 0.347 e. The molecule has 0 unspecified atom stereocenters. The van der Waals surface area contributed by atoms with E-state index in [9.17, 15) is 24.0 Å². The molecule has 0 bridgehead atoms. The molecule has 3 rings (SSSR count). The van der Waals surface area contributed by atoms with Gasteiger partial charge in [0, 0.05) is 5.41 Å². The summed E-state index contributed by atoms with van der Waals surface area (Å²) in [6.07, 6.45) is 1.31. The lowest BCUT2D eigenvalue weighted by molar-refractivity contribution is -0.146. The standard InChI is InChI=1S/C23H25N5O7S2/c1-7-34-18(31)12(19(32)35-8-2)20-36-14(10(3)29)15(37-20)11-9-24-16-13(25-11)17(30)27-22(26-16)28-21(33)23(4,5)6/h9H,7-8H2,1-6H3,(H2,24,26,27,28,30,33). The summed E-state index contributed by atoms with van der Waals surface area (Å²) in [6.45, 7) is 9.73. The van der Waals surface area contributed by atoms with Crippen LogP contribution in [0.4, 0.5) is 5.95 Å². The van der Waals surface area contributed by atoms with Crippen LogP contribution in [-0.2, 0) is 28.7 Å². The molecule has 1 aliphatic heterocycles. The first-order chi connectivity index (χ1) is 17.4. The molecule has 0 saturated carbocycles. The largest absolute Gasteiger partial charge is 0.462 e. The van der Waals surface area contributed by atoms with Crippen LogP contribution < -0.4 is 10.9 Å². The predicted molar refractivity (Wildman–Crippen MR) is 139 cm³/mol. The van der Waals surface area contributed by atoms with E-state index in [0.717, 1.165) is 23.5 Å². The highest BCUT2D eigenvalue weighted by Gasteiger charge is 2.35. The van der Waals surface area contributed by atoms with Crippen molar-refractivity contribution in [3.05, 3.63) is 37.0 Å². The first-order valence-corrected chi connectivity index (χ1v) is 12.8. The topological polar surface area (TPSA) is 170 Å². The number of aromatic nitrogens is 4. The summed E-state index contributed by atoms with van der Waals surface area (Å²) in [6, 6.07) is 0. The van der Waals surface area contributed by atoms with Crippen molar-refractivity contribution < 1.29 is 28.7 Å². The lowest BCUT2D eigenvalue weighted by Gasteiger charge is -2.16. The van der Waals surface area contributed by atoms with Crippen LogP contribution in [-0.4, -0.2) is 56.8 Å². The number of esters is 2. The molecular formula is C23H25N5O7S2. The number of nitrogens with one attached hydrogen (secondary N) is 2. The number of ether oxygens (including phenoxy) is 2. The van der Waals surface area contributed by atoms with E-state index in [1.54, 1.807) is 34.6 Å². The van der Waals surface area contributed by atoms with Crippen molar-refractivity contribution in [3.8, 4) is 0 Å². The van der Waals surface area contributed by atoms with Gasteiger partial charge in [-0.1, -0.05) is 44.3 Å². The Labute approximate surface area is 220 Å². The van der Waals surface area contributed by atoms with E-state index in [0.29, 0.717) is 4.91 Å². The van der Waals surface area contributed by atoms with E-state index >= 15 is 0 Å². The van der Waals surface area contributed by atoms with Gasteiger partial charge in [0.05, 0.1) is 39.2 Å². The minimum Gasteiger partial charge on any atom is -0.462 e. The number of thioether (sulfide) groups is 2. The monoisotopic (exact) mass is 547 g/mol. The molecule has 0 saturated heterocycles. The molecule has 37 heavy (non-hydrogen) atoms. The van der Waals surface area contributed by atoms with E-state index in [1.807, 2.05) is 0 Å². The number of carbonyl (C=O) groups excluding carboxylic acids is 4. The zero-order valence-corrected chi connectivity index (χ0v) is 22.6. The maximum atomic E-state index is 12.7. The van der Waals surface area contributed by atoms with Crippen molar-refractivity contribution in [2.45, 2.75) is 41.5 Å². The average molecular weight is 548 g/mol. The van der Waals surface area contributed by atoms with Crippen LogP contribution in [0.15, 0.2) is 25.7 Å². The second kappa shape index (κ2) is 11.3. The van der Waals surface area contributed by atoms with E-state index in [-0.39, 0.29) is 62.4 Å². The molecule has 1 aliphatic rings. The Morgan fingerprint density at radius 1 is 1.03 bits per heavy atom. The summed E-state index contributed by atoms with van der Waals surface area (Å²) < 4.78 is 10.2. The quantitative estimate of drug-likeness (QED) is 0.225. The van der Waals surface area contributed by atoms with Crippen molar-refractivity contribution in [2.24, 2.45) is 5.41 Å². The molecule has 0 spiro atoms. The number of fused-ring (bicyclic) bond motifs is 1. The fourth-order valence-electron chi connectivity index (χ4n) is 2.84. The number of rotatable bonds is 7. The lowest BCUT2D eigenvalue weighted by atomic mass is 9.96. The van der Waals surface area contributed by atoms with Gasteiger partial charge in [-0.3, -0.25) is 24.7 Å². The van der Waals surface area contributed by atoms with Gasteiger partial charge in [-0.05, 0) is 20.8 Å². The minimum atomic E-state index is -0.879. The number of amides is 1. The third-order valence-corrected chi connectivity index (χ3v) is 7.36. The summed E-state index contributed by atoms with van der Waals surface area (Å²) >= 11 is 1.87. The highest BCUT2D eigenvalue weighted by Crippen LogP contribution is 2.54. The average Bonchev–Trinajstić information content (AvgIpc) is 3.24. The van der Waals surface area contributed by atoms with Gasteiger partial charge >= 0.3 is 11.9 Å². The first kappa shape index (κ1) is 28.1. The summed E-state index contributed by atoms with van der Waals surface area (Å²) in [5.74, 6) is -2.53. The summed E-state index contributed by atoms with van der Waals surface area (Å²) in [5, 5.41) is 2.54. The van der Waals surface area contributed by atoms with Gasteiger partial charge in [0.15, 0.2) is 22.5 Å². The van der Waals surface area contributed by atoms with Crippen molar-refractivity contribution in [1.29, 1.82) is 0 Å². The Morgan fingerprint density at radius 3 is 2.19 bits per heavy atom. The Kier molecular flexibility index (Phi) is 8.53.